The number of nitrogens with one attached hydrogen (secondary N) is 1. The molecule has 1 heterocycles. The first-order valence-electron chi connectivity index (χ1n) is 7.33. The minimum atomic E-state index is -0.154. The minimum Gasteiger partial charge on any atom is -0.393 e. The third-order valence-electron chi connectivity index (χ3n) is 3.82. The second kappa shape index (κ2) is 7.04. The van der Waals surface area contributed by atoms with Crippen LogP contribution in [0.15, 0.2) is 30.3 Å². The summed E-state index contributed by atoms with van der Waals surface area (Å²) >= 11 is 0. The van der Waals surface area contributed by atoms with Crippen molar-refractivity contribution in [1.82, 2.24) is 10.2 Å². The van der Waals surface area contributed by atoms with E-state index >= 15 is 0 Å². The van der Waals surface area contributed by atoms with E-state index in [9.17, 15) is 5.11 Å². The van der Waals surface area contributed by atoms with Gasteiger partial charge in [0.15, 0.2) is 0 Å². The maximum atomic E-state index is 10.1. The Labute approximate surface area is 116 Å². The molecule has 106 valence electrons. The van der Waals surface area contributed by atoms with Crippen molar-refractivity contribution in [1.29, 1.82) is 0 Å². The minimum absolute atomic E-state index is 0.154. The van der Waals surface area contributed by atoms with Gasteiger partial charge in [-0.15, -0.1) is 0 Å². The van der Waals surface area contributed by atoms with Gasteiger partial charge in [0.05, 0.1) is 6.10 Å². The lowest BCUT2D eigenvalue weighted by atomic mass is 9.94. The van der Waals surface area contributed by atoms with Crippen LogP contribution in [0.4, 0.5) is 0 Å². The number of hydrogen-bond donors (Lipinski definition) is 2. The first kappa shape index (κ1) is 14.5. The van der Waals surface area contributed by atoms with Crippen molar-refractivity contribution in [2.45, 2.75) is 39.0 Å². The Kier molecular flexibility index (Phi) is 5.37. The Hall–Kier alpha value is -0.900. The van der Waals surface area contributed by atoms with E-state index in [0.717, 1.165) is 32.6 Å². The van der Waals surface area contributed by atoms with Gasteiger partial charge in [0.1, 0.15) is 0 Å². The van der Waals surface area contributed by atoms with E-state index in [1.54, 1.807) is 0 Å². The lowest BCUT2D eigenvalue weighted by Gasteiger charge is -2.36. The molecule has 1 aromatic carbocycles. The lowest BCUT2D eigenvalue weighted by Crippen LogP contribution is -2.47. The first-order chi connectivity index (χ1) is 9.15. The van der Waals surface area contributed by atoms with E-state index < -0.39 is 0 Å². The molecule has 19 heavy (non-hydrogen) atoms. The molecule has 1 aliphatic heterocycles. The maximum Gasteiger partial charge on any atom is 0.0605 e. The van der Waals surface area contributed by atoms with Crippen molar-refractivity contribution in [3.05, 3.63) is 35.9 Å². The van der Waals surface area contributed by atoms with Crippen molar-refractivity contribution in [2.24, 2.45) is 5.92 Å². The fourth-order valence-corrected chi connectivity index (χ4v) is 2.67. The first-order valence-corrected chi connectivity index (χ1v) is 7.33. The van der Waals surface area contributed by atoms with Gasteiger partial charge in [-0.25, -0.2) is 0 Å². The highest BCUT2D eigenvalue weighted by molar-refractivity contribution is 5.14. The second-order valence-corrected chi connectivity index (χ2v) is 5.90. The summed E-state index contributed by atoms with van der Waals surface area (Å²) in [6.45, 7) is 8.17. The number of likely N-dealkylation sites (tertiary alicyclic amines) is 1. The van der Waals surface area contributed by atoms with Gasteiger partial charge < -0.3 is 10.4 Å². The van der Waals surface area contributed by atoms with Gasteiger partial charge in [0.25, 0.3) is 0 Å². The largest absolute Gasteiger partial charge is 0.393 e. The number of rotatable bonds is 5. The number of benzene rings is 1. The summed E-state index contributed by atoms with van der Waals surface area (Å²) in [5.74, 6) is 0.347. The zero-order chi connectivity index (χ0) is 13.7. The molecule has 2 N–H and O–H groups in total. The summed E-state index contributed by atoms with van der Waals surface area (Å²) in [5, 5.41) is 13.5. The zero-order valence-corrected chi connectivity index (χ0v) is 12.0. The van der Waals surface area contributed by atoms with Gasteiger partial charge in [-0.1, -0.05) is 44.2 Å². The summed E-state index contributed by atoms with van der Waals surface area (Å²) in [6.07, 6.45) is 0.732. The summed E-state index contributed by atoms with van der Waals surface area (Å²) in [4.78, 5) is 2.45. The van der Waals surface area contributed by atoms with Gasteiger partial charge in [-0.3, -0.25) is 4.90 Å². The average molecular weight is 262 g/mol. The van der Waals surface area contributed by atoms with Gasteiger partial charge >= 0.3 is 0 Å². The molecule has 1 aromatic rings. The molecule has 2 rings (SSSR count). The summed E-state index contributed by atoms with van der Waals surface area (Å²) in [5.41, 5.74) is 1.36. The van der Waals surface area contributed by atoms with Crippen molar-refractivity contribution in [3.63, 3.8) is 0 Å². The summed E-state index contributed by atoms with van der Waals surface area (Å²) in [7, 11) is 0. The number of aliphatic hydroxyl groups excluding tert-OH is 1. The number of piperidine rings is 1. The number of hydrogen-bond acceptors (Lipinski definition) is 3. The molecule has 0 amide bonds. The van der Waals surface area contributed by atoms with Gasteiger partial charge in [0.2, 0.25) is 0 Å². The molecular formula is C16H26N2O. The normalized spacial score (nSPS) is 24.8. The molecule has 3 heteroatoms. The van der Waals surface area contributed by atoms with Crippen molar-refractivity contribution < 1.29 is 5.11 Å². The van der Waals surface area contributed by atoms with Crippen LogP contribution < -0.4 is 5.32 Å². The highest BCUT2D eigenvalue weighted by Crippen LogP contribution is 2.19. The van der Waals surface area contributed by atoms with E-state index in [1.807, 2.05) is 0 Å². The topological polar surface area (TPSA) is 35.5 Å². The highest BCUT2D eigenvalue weighted by atomic mass is 16.3. The van der Waals surface area contributed by atoms with Gasteiger partial charge in [-0.05, 0) is 12.0 Å². The Morgan fingerprint density at radius 2 is 2.05 bits per heavy atom. The fourth-order valence-electron chi connectivity index (χ4n) is 2.67. The van der Waals surface area contributed by atoms with Gasteiger partial charge in [0, 0.05) is 38.1 Å². The fraction of sp³-hybridized carbons (Fsp3) is 0.625. The van der Waals surface area contributed by atoms with E-state index in [1.165, 1.54) is 5.56 Å². The molecule has 1 saturated heterocycles. The monoisotopic (exact) mass is 262 g/mol. The molecule has 0 aromatic heterocycles. The number of nitrogens with zero attached hydrogens (tertiary/aromatic N) is 1. The predicted molar refractivity (Wildman–Crippen MR) is 79.0 cm³/mol. The summed E-state index contributed by atoms with van der Waals surface area (Å²) < 4.78 is 0. The van der Waals surface area contributed by atoms with Crippen LogP contribution in [0, 0.1) is 5.92 Å². The van der Waals surface area contributed by atoms with E-state index in [2.05, 4.69) is 54.4 Å². The van der Waals surface area contributed by atoms with Crippen molar-refractivity contribution in [2.75, 3.05) is 19.6 Å². The zero-order valence-electron chi connectivity index (χ0n) is 12.0. The molecule has 3 nitrogen and oxygen atoms in total. The number of aliphatic hydroxyl groups is 1. The molecule has 0 aliphatic carbocycles. The van der Waals surface area contributed by atoms with Crippen LogP contribution in [0.2, 0.25) is 0 Å². The average Bonchev–Trinajstić information content (AvgIpc) is 2.40. The SMILES string of the molecule is CC(C)NC[C@H]1CN(Cc2ccccc2)CC[C@@H]1O. The van der Waals surface area contributed by atoms with Crippen LogP contribution in [-0.4, -0.2) is 41.8 Å². The molecule has 0 spiro atoms. The van der Waals surface area contributed by atoms with Crippen LogP contribution in [0.3, 0.4) is 0 Å². The Bertz CT molecular complexity index is 366. The molecule has 0 saturated carbocycles. The molecular weight excluding hydrogens is 236 g/mol. The van der Waals surface area contributed by atoms with Crippen LogP contribution in [0.5, 0.6) is 0 Å². The van der Waals surface area contributed by atoms with Crippen LogP contribution in [0.1, 0.15) is 25.8 Å². The standard InChI is InChI=1S/C16H26N2O/c1-13(2)17-10-15-12-18(9-8-16(15)19)11-14-6-4-3-5-7-14/h3-7,13,15-17,19H,8-12H2,1-2H3/t15-,16-/m0/s1. The third kappa shape index (κ3) is 4.60. The van der Waals surface area contributed by atoms with Crippen LogP contribution in [0.25, 0.3) is 0 Å². The molecule has 0 radical (unpaired) electrons. The second-order valence-electron chi connectivity index (χ2n) is 5.90. The molecule has 0 unspecified atom stereocenters. The lowest BCUT2D eigenvalue weighted by molar-refractivity contribution is 0.0233. The highest BCUT2D eigenvalue weighted by Gasteiger charge is 2.27. The predicted octanol–water partition coefficient (Wildman–Crippen LogP) is 1.87. The molecule has 2 atom stereocenters. The van der Waals surface area contributed by atoms with E-state index in [-0.39, 0.29) is 6.10 Å². The van der Waals surface area contributed by atoms with Crippen molar-refractivity contribution >= 4 is 0 Å². The molecule has 1 aliphatic rings. The maximum absolute atomic E-state index is 10.1. The third-order valence-corrected chi connectivity index (χ3v) is 3.82. The Morgan fingerprint density at radius 3 is 2.74 bits per heavy atom. The molecule has 1 fully saturated rings. The molecule has 0 bridgehead atoms. The Balaban J connectivity index is 1.86. The van der Waals surface area contributed by atoms with E-state index in [4.69, 9.17) is 0 Å². The van der Waals surface area contributed by atoms with Gasteiger partial charge in [-0.2, -0.15) is 0 Å². The van der Waals surface area contributed by atoms with Crippen molar-refractivity contribution in [3.8, 4) is 0 Å². The van der Waals surface area contributed by atoms with Crippen LogP contribution >= 0.6 is 0 Å². The van der Waals surface area contributed by atoms with E-state index in [0.29, 0.717) is 12.0 Å². The smallest absolute Gasteiger partial charge is 0.0605 e. The summed E-state index contributed by atoms with van der Waals surface area (Å²) in [6, 6.07) is 11.1. The quantitative estimate of drug-likeness (QED) is 0.850. The van der Waals surface area contributed by atoms with Crippen LogP contribution in [-0.2, 0) is 6.54 Å². The Morgan fingerprint density at radius 1 is 1.32 bits per heavy atom.